The first-order valence-electron chi connectivity index (χ1n) is 9.89. The van der Waals surface area contributed by atoms with Crippen molar-refractivity contribution >= 4 is 11.7 Å². The fraction of sp³-hybridized carbons (Fsp3) is 0.737. The molecule has 0 aliphatic carbocycles. The number of aromatic nitrogens is 2. The molecule has 1 aromatic rings. The largest absolute Gasteiger partial charge is 0.383 e. The summed E-state index contributed by atoms with van der Waals surface area (Å²) in [6, 6.07) is 0.0179. The zero-order valence-corrected chi connectivity index (χ0v) is 16.7. The number of fused-ring (bicyclic) bond motifs is 1. The van der Waals surface area contributed by atoms with Crippen LogP contribution in [0.5, 0.6) is 0 Å². The Morgan fingerprint density at radius 2 is 2.15 bits per heavy atom. The lowest BCUT2D eigenvalue weighted by Crippen LogP contribution is -2.44. The minimum absolute atomic E-state index is 0.0179. The summed E-state index contributed by atoms with van der Waals surface area (Å²) in [5.41, 5.74) is 2.26. The van der Waals surface area contributed by atoms with Gasteiger partial charge < -0.3 is 20.7 Å². The molecule has 1 unspecified atom stereocenters. The van der Waals surface area contributed by atoms with Gasteiger partial charge in [-0.2, -0.15) is 0 Å². The first kappa shape index (κ1) is 20.0. The van der Waals surface area contributed by atoms with Crippen molar-refractivity contribution in [2.45, 2.75) is 44.7 Å². The number of ether oxygens (including phenoxy) is 1. The van der Waals surface area contributed by atoms with Gasteiger partial charge >= 0.3 is 0 Å². The fourth-order valence-electron chi connectivity index (χ4n) is 3.92. The highest BCUT2D eigenvalue weighted by Gasteiger charge is 2.26. The van der Waals surface area contributed by atoms with E-state index in [1.807, 2.05) is 14.0 Å². The van der Waals surface area contributed by atoms with Crippen LogP contribution in [0.25, 0.3) is 0 Å². The lowest BCUT2D eigenvalue weighted by molar-refractivity contribution is -0.123. The quantitative estimate of drug-likeness (QED) is 0.638. The molecule has 0 radical (unpaired) electrons. The van der Waals surface area contributed by atoms with E-state index >= 15 is 0 Å². The van der Waals surface area contributed by atoms with Gasteiger partial charge in [0.25, 0.3) is 0 Å². The summed E-state index contributed by atoms with van der Waals surface area (Å²) >= 11 is 0. The Morgan fingerprint density at radius 3 is 2.85 bits per heavy atom. The average Bonchev–Trinajstić information content (AvgIpc) is 2.67. The zero-order chi connectivity index (χ0) is 19.2. The Morgan fingerprint density at radius 1 is 1.37 bits per heavy atom. The number of anilines is 1. The predicted octanol–water partition coefficient (Wildman–Crippen LogP) is 0.495. The number of hydrogen-bond acceptors (Lipinski definition) is 7. The van der Waals surface area contributed by atoms with Crippen molar-refractivity contribution in [1.82, 2.24) is 25.5 Å². The first-order valence-corrected chi connectivity index (χ1v) is 9.89. The van der Waals surface area contributed by atoms with Crippen LogP contribution in [0.4, 0.5) is 5.82 Å². The third-order valence-electron chi connectivity index (χ3n) is 5.29. The van der Waals surface area contributed by atoms with E-state index in [1.165, 1.54) is 5.56 Å². The Balaban J connectivity index is 1.69. The predicted molar refractivity (Wildman–Crippen MR) is 105 cm³/mol. The molecule has 3 heterocycles. The van der Waals surface area contributed by atoms with Gasteiger partial charge in [-0.1, -0.05) is 0 Å². The molecule has 2 aliphatic heterocycles. The normalized spacial score (nSPS) is 19.4. The lowest BCUT2D eigenvalue weighted by atomic mass is 9.96. The van der Waals surface area contributed by atoms with Gasteiger partial charge in [0, 0.05) is 44.8 Å². The molecule has 150 valence electrons. The minimum Gasteiger partial charge on any atom is -0.383 e. The van der Waals surface area contributed by atoms with Crippen molar-refractivity contribution < 1.29 is 9.53 Å². The molecule has 1 saturated heterocycles. The van der Waals surface area contributed by atoms with Crippen LogP contribution in [-0.2, 0) is 22.5 Å². The second-order valence-corrected chi connectivity index (χ2v) is 7.51. The SMILES string of the molecule is CNc1nc(C2CCNCC2)nc2c1CCN(CC(=O)NC(C)COC)C2. The molecule has 1 fully saturated rings. The van der Waals surface area contributed by atoms with Crippen LogP contribution in [0.15, 0.2) is 0 Å². The number of carbonyl (C=O) groups excluding carboxylic acids is 1. The zero-order valence-electron chi connectivity index (χ0n) is 16.7. The van der Waals surface area contributed by atoms with Gasteiger partial charge in [-0.05, 0) is 39.3 Å². The molecule has 27 heavy (non-hydrogen) atoms. The van der Waals surface area contributed by atoms with E-state index < -0.39 is 0 Å². The molecule has 1 atom stereocenters. The highest BCUT2D eigenvalue weighted by Crippen LogP contribution is 2.28. The highest BCUT2D eigenvalue weighted by atomic mass is 16.5. The first-order chi connectivity index (χ1) is 13.1. The Hall–Kier alpha value is -1.77. The van der Waals surface area contributed by atoms with E-state index in [1.54, 1.807) is 7.11 Å². The summed E-state index contributed by atoms with van der Waals surface area (Å²) in [5, 5.41) is 9.63. The number of piperidine rings is 1. The van der Waals surface area contributed by atoms with Gasteiger partial charge in [0.05, 0.1) is 18.8 Å². The number of carbonyl (C=O) groups is 1. The van der Waals surface area contributed by atoms with Gasteiger partial charge in [0.15, 0.2) is 0 Å². The third kappa shape index (κ3) is 5.15. The molecule has 1 amide bonds. The lowest BCUT2D eigenvalue weighted by Gasteiger charge is -2.30. The van der Waals surface area contributed by atoms with Crippen LogP contribution >= 0.6 is 0 Å². The molecular weight excluding hydrogens is 344 g/mol. The van der Waals surface area contributed by atoms with Crippen LogP contribution in [0.3, 0.4) is 0 Å². The Kier molecular flexibility index (Phi) is 6.98. The van der Waals surface area contributed by atoms with E-state index in [0.717, 1.165) is 56.2 Å². The number of amides is 1. The number of nitrogens with zero attached hydrogens (tertiary/aromatic N) is 3. The topological polar surface area (TPSA) is 91.4 Å². The maximum Gasteiger partial charge on any atom is 0.234 e. The summed E-state index contributed by atoms with van der Waals surface area (Å²) < 4.78 is 5.08. The summed E-state index contributed by atoms with van der Waals surface area (Å²) in [5.74, 6) is 2.34. The molecular formula is C19H32N6O2. The van der Waals surface area contributed by atoms with Gasteiger partial charge in [0.2, 0.25) is 5.91 Å². The van der Waals surface area contributed by atoms with E-state index in [2.05, 4.69) is 20.9 Å². The number of nitrogens with one attached hydrogen (secondary N) is 3. The average molecular weight is 377 g/mol. The van der Waals surface area contributed by atoms with Crippen molar-refractivity contribution in [2.75, 3.05) is 52.3 Å². The van der Waals surface area contributed by atoms with Crippen molar-refractivity contribution in [3.8, 4) is 0 Å². The van der Waals surface area contributed by atoms with Crippen LogP contribution in [-0.4, -0.2) is 73.8 Å². The molecule has 0 aromatic carbocycles. The van der Waals surface area contributed by atoms with Crippen LogP contribution in [0.1, 0.15) is 42.8 Å². The van der Waals surface area contributed by atoms with Gasteiger partial charge in [-0.15, -0.1) is 0 Å². The molecule has 3 rings (SSSR count). The maximum absolute atomic E-state index is 12.3. The van der Waals surface area contributed by atoms with E-state index in [9.17, 15) is 4.79 Å². The number of methoxy groups -OCH3 is 1. The number of hydrogen-bond donors (Lipinski definition) is 3. The van der Waals surface area contributed by atoms with Gasteiger partial charge in [-0.25, -0.2) is 9.97 Å². The van der Waals surface area contributed by atoms with Crippen molar-refractivity contribution in [2.24, 2.45) is 0 Å². The summed E-state index contributed by atoms with van der Waals surface area (Å²) in [6.07, 6.45) is 3.01. The number of rotatable bonds is 7. The van der Waals surface area contributed by atoms with Gasteiger partial charge in [0.1, 0.15) is 11.6 Å². The second kappa shape index (κ2) is 9.43. The van der Waals surface area contributed by atoms with E-state index in [0.29, 0.717) is 25.6 Å². The Bertz CT molecular complexity index is 647. The molecule has 8 heteroatoms. The standard InChI is InChI=1S/C19H32N6O2/c1-13(12-27-3)22-17(26)11-25-9-6-15-16(10-25)23-18(24-19(15)20-2)14-4-7-21-8-5-14/h13-14,21H,4-12H2,1-3H3,(H,22,26)(H,20,23,24). The van der Waals surface area contributed by atoms with Crippen LogP contribution in [0.2, 0.25) is 0 Å². The molecule has 0 spiro atoms. The maximum atomic E-state index is 12.3. The third-order valence-corrected chi connectivity index (χ3v) is 5.29. The Labute approximate surface area is 161 Å². The minimum atomic E-state index is 0.0179. The van der Waals surface area contributed by atoms with Crippen molar-refractivity contribution in [3.05, 3.63) is 17.1 Å². The highest BCUT2D eigenvalue weighted by molar-refractivity contribution is 5.78. The van der Waals surface area contributed by atoms with Crippen molar-refractivity contribution in [1.29, 1.82) is 0 Å². The molecule has 2 aliphatic rings. The fourth-order valence-corrected chi connectivity index (χ4v) is 3.92. The van der Waals surface area contributed by atoms with E-state index in [-0.39, 0.29) is 11.9 Å². The molecule has 8 nitrogen and oxygen atoms in total. The monoisotopic (exact) mass is 376 g/mol. The van der Waals surface area contributed by atoms with Crippen molar-refractivity contribution in [3.63, 3.8) is 0 Å². The molecule has 0 bridgehead atoms. The van der Waals surface area contributed by atoms with Crippen LogP contribution in [0, 0.1) is 0 Å². The summed E-state index contributed by atoms with van der Waals surface area (Å²) in [4.78, 5) is 24.2. The molecule has 1 aromatic heterocycles. The van der Waals surface area contributed by atoms with Crippen LogP contribution < -0.4 is 16.0 Å². The molecule has 3 N–H and O–H groups in total. The summed E-state index contributed by atoms with van der Waals surface area (Å²) in [7, 11) is 3.56. The van der Waals surface area contributed by atoms with E-state index in [4.69, 9.17) is 14.7 Å². The van der Waals surface area contributed by atoms with Gasteiger partial charge in [-0.3, -0.25) is 9.69 Å². The second-order valence-electron chi connectivity index (χ2n) is 7.51. The summed E-state index contributed by atoms with van der Waals surface area (Å²) in [6.45, 7) is 6.42. The smallest absolute Gasteiger partial charge is 0.234 e. The molecule has 0 saturated carbocycles.